The Morgan fingerprint density at radius 2 is 1.85 bits per heavy atom. The van der Waals surface area contributed by atoms with Crippen LogP contribution in [0.5, 0.6) is 11.5 Å². The van der Waals surface area contributed by atoms with E-state index >= 15 is 0 Å². The molecule has 0 atom stereocenters. The van der Waals surface area contributed by atoms with Gasteiger partial charge in [-0.2, -0.15) is 0 Å². The first-order valence-electron chi connectivity index (χ1n) is 11.9. The first-order chi connectivity index (χ1) is 19.5. The maximum absolute atomic E-state index is 13.8. The Bertz CT molecular complexity index is 1570. The molecule has 3 amide bonds. The number of nitro benzene ring substituents is 1. The number of nitro groups is 1. The molecule has 0 spiro atoms. The van der Waals surface area contributed by atoms with E-state index in [2.05, 4.69) is 21.2 Å². The number of non-ortho nitro benzene ring substituents is 1. The zero-order chi connectivity index (χ0) is 29.7. The highest BCUT2D eigenvalue weighted by molar-refractivity contribution is 9.10. The van der Waals surface area contributed by atoms with Crippen molar-refractivity contribution in [3.8, 4) is 11.5 Å². The standard InChI is InChI=1S/C27H20BrF2N3O7S/c1-2-39-22-10-16(9-19(28)25(22)40-14-15-3-6-18(7-4-15)33(37)38)11-23-26(35)32(27(36)41-23)13-24(34)31-21-8-5-17(29)12-20(21)30/h3-12H,2,13-14H2,1H3,(H,31,34)/b23-11+. The number of benzene rings is 3. The molecule has 4 rings (SSSR count). The summed E-state index contributed by atoms with van der Waals surface area (Å²) in [7, 11) is 0. The highest BCUT2D eigenvalue weighted by atomic mass is 79.9. The number of imide groups is 1. The van der Waals surface area contributed by atoms with Gasteiger partial charge in [-0.15, -0.1) is 0 Å². The fraction of sp³-hybridized carbons (Fsp3) is 0.148. The third-order valence-corrected chi connectivity index (χ3v) is 7.04. The molecule has 0 aliphatic carbocycles. The van der Waals surface area contributed by atoms with Gasteiger partial charge in [0.2, 0.25) is 5.91 Å². The summed E-state index contributed by atoms with van der Waals surface area (Å²) in [6, 6.07) is 11.7. The van der Waals surface area contributed by atoms with Gasteiger partial charge in [-0.3, -0.25) is 29.4 Å². The van der Waals surface area contributed by atoms with E-state index in [1.165, 1.54) is 18.2 Å². The van der Waals surface area contributed by atoms with E-state index in [0.29, 0.717) is 56.4 Å². The van der Waals surface area contributed by atoms with Crippen LogP contribution in [0.1, 0.15) is 18.1 Å². The lowest BCUT2D eigenvalue weighted by Gasteiger charge is -2.15. The van der Waals surface area contributed by atoms with E-state index in [1.54, 1.807) is 31.2 Å². The number of carbonyl (C=O) groups is 3. The van der Waals surface area contributed by atoms with Gasteiger partial charge in [0.15, 0.2) is 11.5 Å². The van der Waals surface area contributed by atoms with Gasteiger partial charge >= 0.3 is 0 Å². The first kappa shape index (κ1) is 29.7. The minimum Gasteiger partial charge on any atom is -0.490 e. The van der Waals surface area contributed by atoms with Crippen molar-refractivity contribution >= 4 is 62.2 Å². The lowest BCUT2D eigenvalue weighted by atomic mass is 10.1. The molecule has 1 fully saturated rings. The number of carbonyl (C=O) groups excluding carboxylic acids is 3. The molecule has 10 nitrogen and oxygen atoms in total. The number of hydrogen-bond acceptors (Lipinski definition) is 8. The molecule has 1 heterocycles. The van der Waals surface area contributed by atoms with Gasteiger partial charge in [0.1, 0.15) is 24.8 Å². The maximum atomic E-state index is 13.8. The number of nitrogens with zero attached hydrogens (tertiary/aromatic N) is 2. The molecule has 0 radical (unpaired) electrons. The van der Waals surface area contributed by atoms with Crippen molar-refractivity contribution in [3.05, 3.63) is 96.9 Å². The van der Waals surface area contributed by atoms with E-state index in [0.717, 1.165) is 12.1 Å². The summed E-state index contributed by atoms with van der Waals surface area (Å²) in [6.07, 6.45) is 1.45. The fourth-order valence-corrected chi connectivity index (χ4v) is 5.07. The van der Waals surface area contributed by atoms with E-state index in [9.17, 15) is 33.3 Å². The number of amides is 3. The van der Waals surface area contributed by atoms with Gasteiger partial charge in [-0.25, -0.2) is 8.78 Å². The number of hydrogen-bond donors (Lipinski definition) is 1. The second-order valence-corrected chi connectivity index (χ2v) is 10.3. The zero-order valence-electron chi connectivity index (χ0n) is 21.2. The Morgan fingerprint density at radius 1 is 1.12 bits per heavy atom. The lowest BCUT2D eigenvalue weighted by molar-refractivity contribution is -0.384. The SMILES string of the molecule is CCOc1cc(/C=C2/SC(=O)N(CC(=O)Nc3ccc(F)cc3F)C2=O)cc(Br)c1OCc1ccc([N+](=O)[O-])cc1. The zero-order valence-corrected chi connectivity index (χ0v) is 23.6. The molecule has 0 bridgehead atoms. The minimum absolute atomic E-state index is 0.0406. The Labute approximate surface area is 244 Å². The maximum Gasteiger partial charge on any atom is 0.294 e. The van der Waals surface area contributed by atoms with Crippen LogP contribution in [0.3, 0.4) is 0 Å². The monoisotopic (exact) mass is 647 g/mol. The van der Waals surface area contributed by atoms with E-state index in [1.807, 2.05) is 0 Å². The largest absolute Gasteiger partial charge is 0.490 e. The predicted molar refractivity (Wildman–Crippen MR) is 150 cm³/mol. The third-order valence-electron chi connectivity index (χ3n) is 5.54. The minimum atomic E-state index is -0.997. The van der Waals surface area contributed by atoms with Crippen LogP contribution in [0, 0.1) is 21.7 Å². The summed E-state index contributed by atoms with van der Waals surface area (Å²) < 4.78 is 39.0. The van der Waals surface area contributed by atoms with Crippen molar-refractivity contribution in [2.75, 3.05) is 18.5 Å². The van der Waals surface area contributed by atoms with Gasteiger partial charge in [0, 0.05) is 18.2 Å². The van der Waals surface area contributed by atoms with Crippen LogP contribution in [0.4, 0.5) is 25.0 Å². The molecule has 14 heteroatoms. The summed E-state index contributed by atoms with van der Waals surface area (Å²) >= 11 is 4.06. The fourth-order valence-electron chi connectivity index (χ4n) is 3.66. The number of halogens is 3. The highest BCUT2D eigenvalue weighted by Gasteiger charge is 2.36. The molecule has 1 aliphatic heterocycles. The molecule has 1 aliphatic rings. The Balaban J connectivity index is 1.48. The molecule has 0 unspecified atom stereocenters. The van der Waals surface area contributed by atoms with Crippen LogP contribution < -0.4 is 14.8 Å². The number of nitrogens with one attached hydrogen (secondary N) is 1. The van der Waals surface area contributed by atoms with Gasteiger partial charge in [-0.05, 0) is 88.2 Å². The predicted octanol–water partition coefficient (Wildman–Crippen LogP) is 6.29. The van der Waals surface area contributed by atoms with Crippen LogP contribution in [-0.2, 0) is 16.2 Å². The lowest BCUT2D eigenvalue weighted by Crippen LogP contribution is -2.36. The van der Waals surface area contributed by atoms with Crippen molar-refractivity contribution < 1.29 is 37.6 Å². The third kappa shape index (κ3) is 7.27. The van der Waals surface area contributed by atoms with E-state index in [-0.39, 0.29) is 22.9 Å². The van der Waals surface area contributed by atoms with Crippen molar-refractivity contribution in [3.63, 3.8) is 0 Å². The molecule has 0 saturated carbocycles. The van der Waals surface area contributed by atoms with E-state index < -0.39 is 40.2 Å². The van der Waals surface area contributed by atoms with Crippen LogP contribution in [-0.4, -0.2) is 40.0 Å². The van der Waals surface area contributed by atoms with Crippen LogP contribution >= 0.6 is 27.7 Å². The molecule has 41 heavy (non-hydrogen) atoms. The summed E-state index contributed by atoms with van der Waals surface area (Å²) in [5, 5.41) is 12.4. The number of thioether (sulfide) groups is 1. The summed E-state index contributed by atoms with van der Waals surface area (Å²) in [5.41, 5.74) is 0.851. The van der Waals surface area contributed by atoms with Crippen LogP contribution in [0.15, 0.2) is 64.0 Å². The second kappa shape index (κ2) is 12.9. The molecule has 3 aromatic carbocycles. The molecular weight excluding hydrogens is 628 g/mol. The van der Waals surface area contributed by atoms with Crippen molar-refractivity contribution in [2.24, 2.45) is 0 Å². The molecule has 1 saturated heterocycles. The van der Waals surface area contributed by atoms with Crippen molar-refractivity contribution in [1.82, 2.24) is 4.90 Å². The second-order valence-electron chi connectivity index (χ2n) is 8.42. The smallest absolute Gasteiger partial charge is 0.294 e. The summed E-state index contributed by atoms with van der Waals surface area (Å²) in [5.74, 6) is -2.67. The normalized spacial score (nSPS) is 14.0. The summed E-state index contributed by atoms with van der Waals surface area (Å²) in [6.45, 7) is 1.50. The first-order valence-corrected chi connectivity index (χ1v) is 13.5. The molecule has 1 N–H and O–H groups in total. The van der Waals surface area contributed by atoms with Gasteiger partial charge in [0.25, 0.3) is 16.8 Å². The quantitative estimate of drug-likeness (QED) is 0.154. The van der Waals surface area contributed by atoms with Crippen molar-refractivity contribution in [2.45, 2.75) is 13.5 Å². The topological polar surface area (TPSA) is 128 Å². The van der Waals surface area contributed by atoms with Crippen LogP contribution in [0.2, 0.25) is 0 Å². The molecule has 0 aromatic heterocycles. The van der Waals surface area contributed by atoms with Crippen molar-refractivity contribution in [1.29, 1.82) is 0 Å². The van der Waals surface area contributed by atoms with Gasteiger partial charge in [-0.1, -0.05) is 0 Å². The number of ether oxygens (including phenoxy) is 2. The van der Waals surface area contributed by atoms with Gasteiger partial charge < -0.3 is 14.8 Å². The Kier molecular flexibility index (Phi) is 9.35. The molecule has 3 aromatic rings. The molecular formula is C27H20BrF2N3O7S. The van der Waals surface area contributed by atoms with Gasteiger partial charge in [0.05, 0.1) is 26.6 Å². The van der Waals surface area contributed by atoms with E-state index in [4.69, 9.17) is 9.47 Å². The Hall–Kier alpha value is -4.30. The molecule has 212 valence electrons. The van der Waals surface area contributed by atoms with Crippen LogP contribution in [0.25, 0.3) is 6.08 Å². The number of rotatable bonds is 10. The Morgan fingerprint density at radius 3 is 2.51 bits per heavy atom. The number of anilines is 1. The average Bonchev–Trinajstić information content (AvgIpc) is 3.17. The average molecular weight is 648 g/mol. The highest BCUT2D eigenvalue weighted by Crippen LogP contribution is 2.40. The summed E-state index contributed by atoms with van der Waals surface area (Å²) in [4.78, 5) is 48.9.